The molecule has 0 radical (unpaired) electrons. The van der Waals surface area contributed by atoms with E-state index < -0.39 is 0 Å². The second-order valence-corrected chi connectivity index (χ2v) is 10.1. The summed E-state index contributed by atoms with van der Waals surface area (Å²) in [5, 5.41) is 4.36. The van der Waals surface area contributed by atoms with E-state index in [1.807, 2.05) is 69.7 Å². The quantitative estimate of drug-likeness (QED) is 0.581. The van der Waals surface area contributed by atoms with Gasteiger partial charge in [-0.1, -0.05) is 47.0 Å². The van der Waals surface area contributed by atoms with Crippen molar-refractivity contribution in [3.63, 3.8) is 0 Å². The Kier molecular flexibility index (Phi) is 2.64. The van der Waals surface area contributed by atoms with E-state index in [0.717, 1.165) is 0 Å². The van der Waals surface area contributed by atoms with Crippen molar-refractivity contribution in [1.82, 2.24) is 0 Å². The molecule has 0 saturated carbocycles. The average molecular weight is 317 g/mol. The van der Waals surface area contributed by atoms with Crippen LogP contribution in [0.4, 0.5) is 0 Å². The molecule has 4 rings (SSSR count). The third-order valence-electron chi connectivity index (χ3n) is 2.13. The third-order valence-corrected chi connectivity index (χ3v) is 10.1. The van der Waals surface area contributed by atoms with E-state index in [1.54, 1.807) is 0 Å². The Morgan fingerprint density at radius 2 is 1.12 bits per heavy atom. The van der Waals surface area contributed by atoms with Gasteiger partial charge in [0, 0.05) is 9.79 Å². The van der Waals surface area contributed by atoms with Crippen LogP contribution in [-0.4, -0.2) is 0 Å². The van der Waals surface area contributed by atoms with Crippen molar-refractivity contribution in [3.05, 3.63) is 31.4 Å². The molecule has 0 atom stereocenters. The van der Waals surface area contributed by atoms with E-state index in [2.05, 4.69) is 22.9 Å². The Bertz CT molecular complexity index is 493. The van der Waals surface area contributed by atoms with Crippen LogP contribution in [0.15, 0.2) is 49.6 Å². The van der Waals surface area contributed by atoms with E-state index in [-0.39, 0.29) is 0 Å². The van der Waals surface area contributed by atoms with Crippen LogP contribution >= 0.6 is 69.7 Å². The van der Waals surface area contributed by atoms with Crippen molar-refractivity contribution in [2.24, 2.45) is 0 Å². The molecule has 0 unspecified atom stereocenters. The zero-order valence-electron chi connectivity index (χ0n) is 7.76. The molecule has 0 nitrogen and oxygen atoms in total. The Balaban J connectivity index is 1.69. The van der Waals surface area contributed by atoms with Crippen LogP contribution in [-0.2, 0) is 0 Å². The van der Waals surface area contributed by atoms with Crippen LogP contribution < -0.4 is 0 Å². The molecule has 2 aliphatic heterocycles. The summed E-state index contributed by atoms with van der Waals surface area (Å²) in [6.45, 7) is 0. The van der Waals surface area contributed by atoms with Gasteiger partial charge in [-0.3, -0.25) is 0 Å². The van der Waals surface area contributed by atoms with Crippen molar-refractivity contribution in [3.8, 4) is 0 Å². The number of fused-ring (bicyclic) bond motifs is 2. The van der Waals surface area contributed by atoms with Gasteiger partial charge in [0.05, 0.1) is 16.9 Å². The Labute approximate surface area is 118 Å². The highest BCUT2D eigenvalue weighted by molar-refractivity contribution is 8.31. The molecule has 2 aliphatic rings. The largest absolute Gasteiger partial charge is 0.136 e. The zero-order valence-corrected chi connectivity index (χ0v) is 12.7. The van der Waals surface area contributed by atoms with Gasteiger partial charge in [0.25, 0.3) is 0 Å². The van der Waals surface area contributed by atoms with Crippen LogP contribution in [0.2, 0.25) is 0 Å². The second-order valence-electron chi connectivity index (χ2n) is 3.13. The number of hydrogen-bond donors (Lipinski definition) is 0. The zero-order chi connectivity index (χ0) is 10.5. The monoisotopic (exact) mass is 316 g/mol. The first-order valence-electron chi connectivity index (χ1n) is 4.51. The summed E-state index contributed by atoms with van der Waals surface area (Å²) in [4.78, 5) is 2.88. The summed E-state index contributed by atoms with van der Waals surface area (Å²) in [6, 6.07) is 4.45. The molecule has 0 saturated heterocycles. The predicted octanol–water partition coefficient (Wildman–Crippen LogP) is 6.03. The lowest BCUT2D eigenvalue weighted by molar-refractivity contribution is 1.43. The molecule has 0 spiro atoms. The van der Waals surface area contributed by atoms with Crippen LogP contribution in [0, 0.1) is 0 Å². The summed E-state index contributed by atoms with van der Waals surface area (Å²) in [5.74, 6) is 0. The molecule has 6 heteroatoms. The number of thiophene rings is 2. The first kappa shape index (κ1) is 10.5. The maximum atomic E-state index is 2.23. The van der Waals surface area contributed by atoms with Gasteiger partial charge in [0.15, 0.2) is 0 Å². The fraction of sp³-hybridized carbons (Fsp3) is 0. The Morgan fingerprint density at radius 1 is 0.625 bits per heavy atom. The van der Waals surface area contributed by atoms with Gasteiger partial charge in [-0.25, -0.2) is 0 Å². The average Bonchev–Trinajstić information content (AvgIpc) is 2.94. The van der Waals surface area contributed by atoms with Gasteiger partial charge in [0.2, 0.25) is 0 Å². The van der Waals surface area contributed by atoms with Crippen molar-refractivity contribution >= 4 is 69.7 Å². The smallest absolute Gasteiger partial charge is 0.0791 e. The highest BCUT2D eigenvalue weighted by atomic mass is 32.2. The van der Waals surface area contributed by atoms with Gasteiger partial charge in [-0.2, -0.15) is 0 Å². The van der Waals surface area contributed by atoms with E-state index in [9.17, 15) is 0 Å². The van der Waals surface area contributed by atoms with E-state index >= 15 is 0 Å². The van der Waals surface area contributed by atoms with E-state index in [4.69, 9.17) is 0 Å². The minimum Gasteiger partial charge on any atom is -0.136 e. The topological polar surface area (TPSA) is 0 Å². The van der Waals surface area contributed by atoms with E-state index in [0.29, 0.717) is 0 Å². The van der Waals surface area contributed by atoms with Crippen molar-refractivity contribution in [2.45, 2.75) is 18.2 Å². The molecule has 2 aromatic rings. The van der Waals surface area contributed by atoms with Crippen molar-refractivity contribution in [1.29, 1.82) is 0 Å². The van der Waals surface area contributed by atoms with E-state index in [1.165, 1.54) is 26.7 Å². The normalized spacial score (nSPS) is 22.5. The van der Waals surface area contributed by atoms with Gasteiger partial charge in [0.1, 0.15) is 0 Å². The molecule has 0 amide bonds. The number of hydrogen-bond acceptors (Lipinski definition) is 6. The lowest BCUT2D eigenvalue weighted by Crippen LogP contribution is -1.65. The van der Waals surface area contributed by atoms with Crippen LogP contribution in [0.5, 0.6) is 0 Å². The number of rotatable bonds is 0. The van der Waals surface area contributed by atoms with Crippen molar-refractivity contribution < 1.29 is 0 Å². The summed E-state index contributed by atoms with van der Waals surface area (Å²) in [7, 11) is 0. The van der Waals surface area contributed by atoms with Crippen molar-refractivity contribution in [2.75, 3.05) is 0 Å². The molecule has 0 N–H and O–H groups in total. The van der Waals surface area contributed by atoms with Crippen LogP contribution in [0.25, 0.3) is 0 Å². The fourth-order valence-corrected chi connectivity index (χ4v) is 9.43. The summed E-state index contributed by atoms with van der Waals surface area (Å²) < 4.78 is 5.87. The van der Waals surface area contributed by atoms with Crippen LogP contribution in [0.1, 0.15) is 0 Å². The minimum absolute atomic E-state index is 1.44. The predicted molar refractivity (Wildman–Crippen MR) is 79.1 cm³/mol. The molecular formula is C10H4S6. The molecule has 4 heterocycles. The molecule has 0 aromatic carbocycles. The molecule has 80 valence electrons. The lowest BCUT2D eigenvalue weighted by Gasteiger charge is -1.99. The molecule has 0 fully saturated rings. The summed E-state index contributed by atoms with van der Waals surface area (Å²) >= 11 is 11.4. The highest BCUT2D eigenvalue weighted by Crippen LogP contribution is 2.63. The maximum Gasteiger partial charge on any atom is 0.0791 e. The Morgan fingerprint density at radius 3 is 1.56 bits per heavy atom. The first-order valence-corrected chi connectivity index (χ1v) is 9.53. The standard InChI is InChI=1S/C10H4S6/c1-3-11-7-5(1)13-9(15-7)10-14-6-2-4-12-8(6)16-10/h1-4H/b10-9-. The van der Waals surface area contributed by atoms with Crippen LogP contribution in [0.3, 0.4) is 0 Å². The highest BCUT2D eigenvalue weighted by Gasteiger charge is 2.27. The Hall–Kier alpha value is 0.540. The molecule has 0 aliphatic carbocycles. The number of thioether (sulfide) groups is 4. The molecule has 2 aromatic heterocycles. The van der Waals surface area contributed by atoms with Gasteiger partial charge in [-0.15, -0.1) is 22.7 Å². The lowest BCUT2D eigenvalue weighted by atomic mass is 10.7. The molecule has 0 bridgehead atoms. The molecule has 16 heavy (non-hydrogen) atoms. The summed E-state index contributed by atoms with van der Waals surface area (Å²) in [6.07, 6.45) is 0. The SMILES string of the molecule is c1cc2c(s1)S/C(=C1/Sc3ccsc3S1)S2. The first-order chi connectivity index (χ1) is 7.90. The maximum absolute atomic E-state index is 2.23. The summed E-state index contributed by atoms with van der Waals surface area (Å²) in [5.41, 5.74) is 0. The van der Waals surface area contributed by atoms with Gasteiger partial charge in [-0.05, 0) is 22.9 Å². The molecular weight excluding hydrogens is 313 g/mol. The minimum atomic E-state index is 1.44. The third kappa shape index (κ3) is 1.62. The fourth-order valence-electron chi connectivity index (χ4n) is 1.44. The second kappa shape index (κ2) is 4.03. The van der Waals surface area contributed by atoms with Gasteiger partial charge >= 0.3 is 0 Å². The van der Waals surface area contributed by atoms with Gasteiger partial charge < -0.3 is 0 Å².